The Kier molecular flexibility index (Phi) is 5.04. The number of allylic oxidation sites excluding steroid dienone is 1. The summed E-state index contributed by atoms with van der Waals surface area (Å²) < 4.78 is 5.90. The molecule has 0 aliphatic heterocycles. The van der Waals surface area contributed by atoms with Crippen molar-refractivity contribution in [3.05, 3.63) is 11.6 Å². The molecule has 9 atom stereocenters. The molecule has 4 aliphatic carbocycles. The second kappa shape index (κ2) is 7.04. The summed E-state index contributed by atoms with van der Waals surface area (Å²) in [6.07, 6.45) is 6.07. The minimum absolute atomic E-state index is 0.0453. The van der Waals surface area contributed by atoms with Crippen LogP contribution in [-0.2, 0) is 19.1 Å². The average molecular weight is 403 g/mol. The third-order valence-electron chi connectivity index (χ3n) is 8.93. The lowest BCUT2D eigenvalue weighted by molar-refractivity contribution is -0.173. The summed E-state index contributed by atoms with van der Waals surface area (Å²) in [5, 5.41) is 11.4. The second-order valence-electron chi connectivity index (χ2n) is 10.5. The fourth-order valence-electron chi connectivity index (χ4n) is 7.73. The Morgan fingerprint density at radius 2 is 2.07 bits per heavy atom. The molecule has 8 unspecified atom stereocenters. The van der Waals surface area contributed by atoms with E-state index in [2.05, 4.69) is 20.8 Å². The maximum atomic E-state index is 12.3. The molecule has 0 aromatic carbocycles. The minimum Gasteiger partial charge on any atom is -0.461 e. The second-order valence-corrected chi connectivity index (χ2v) is 10.5. The number of carbonyl (C=O) groups excluding carboxylic acids is 3. The first-order valence-corrected chi connectivity index (χ1v) is 11.2. The largest absolute Gasteiger partial charge is 0.461 e. The Hall–Kier alpha value is -1.49. The molecule has 3 fully saturated rings. The van der Waals surface area contributed by atoms with Crippen molar-refractivity contribution in [3.8, 4) is 0 Å². The Morgan fingerprint density at radius 1 is 1.34 bits per heavy atom. The van der Waals surface area contributed by atoms with Gasteiger partial charge in [0.25, 0.3) is 0 Å². The standard InChI is InChI=1S/C24H34O5/c1-5-20(28)29-22-13(2)8-17-16-7-6-15-9-18(26)14(12-25)10-23(15,3)21(16)19(27)11-24(17,22)4/h9,12-14,16-17,19,21-22,27H,5-8,10-11H2,1-4H3/t13?,14?,16?,17?,19?,21?,22-,23?,24?/m1/s1. The Morgan fingerprint density at radius 3 is 2.72 bits per heavy atom. The zero-order valence-corrected chi connectivity index (χ0v) is 18.0. The number of esters is 1. The predicted octanol–water partition coefficient (Wildman–Crippen LogP) is 3.48. The summed E-state index contributed by atoms with van der Waals surface area (Å²) in [5.41, 5.74) is 0.575. The maximum Gasteiger partial charge on any atom is 0.305 e. The normalized spacial score (nSPS) is 48.8. The summed E-state index contributed by atoms with van der Waals surface area (Å²) in [5.74, 6) is 0.174. The van der Waals surface area contributed by atoms with Crippen molar-refractivity contribution >= 4 is 18.0 Å². The molecule has 0 heterocycles. The summed E-state index contributed by atoms with van der Waals surface area (Å²) >= 11 is 0. The van der Waals surface area contributed by atoms with E-state index in [-0.39, 0.29) is 40.5 Å². The number of aliphatic hydroxyl groups excluding tert-OH is 1. The predicted molar refractivity (Wildman–Crippen MR) is 108 cm³/mol. The van der Waals surface area contributed by atoms with E-state index in [1.165, 1.54) is 0 Å². The zero-order chi connectivity index (χ0) is 21.1. The van der Waals surface area contributed by atoms with E-state index in [9.17, 15) is 19.5 Å². The first-order chi connectivity index (χ1) is 13.7. The van der Waals surface area contributed by atoms with Gasteiger partial charge >= 0.3 is 5.97 Å². The van der Waals surface area contributed by atoms with Crippen molar-refractivity contribution in [1.82, 2.24) is 0 Å². The van der Waals surface area contributed by atoms with Crippen LogP contribution in [0.15, 0.2) is 11.6 Å². The molecule has 0 radical (unpaired) electrons. The van der Waals surface area contributed by atoms with Gasteiger partial charge in [-0.15, -0.1) is 0 Å². The molecule has 5 heteroatoms. The lowest BCUT2D eigenvalue weighted by Crippen LogP contribution is -2.58. The molecule has 3 saturated carbocycles. The van der Waals surface area contributed by atoms with Crippen molar-refractivity contribution in [2.75, 3.05) is 0 Å². The smallest absolute Gasteiger partial charge is 0.305 e. The van der Waals surface area contributed by atoms with Crippen molar-refractivity contribution in [1.29, 1.82) is 0 Å². The average Bonchev–Trinajstić information content (AvgIpc) is 2.91. The van der Waals surface area contributed by atoms with Crippen LogP contribution in [0.3, 0.4) is 0 Å². The van der Waals surface area contributed by atoms with Gasteiger partial charge in [0.2, 0.25) is 0 Å². The molecule has 0 aromatic heterocycles. The first kappa shape index (κ1) is 20.8. The number of hydrogen-bond acceptors (Lipinski definition) is 5. The van der Waals surface area contributed by atoms with Crippen molar-refractivity contribution in [2.24, 2.45) is 40.4 Å². The first-order valence-electron chi connectivity index (χ1n) is 11.2. The van der Waals surface area contributed by atoms with Gasteiger partial charge in [-0.3, -0.25) is 9.59 Å². The fourth-order valence-corrected chi connectivity index (χ4v) is 7.73. The Labute approximate surface area is 173 Å². The third kappa shape index (κ3) is 2.95. The lowest BCUT2D eigenvalue weighted by atomic mass is 9.46. The summed E-state index contributed by atoms with van der Waals surface area (Å²) in [6.45, 7) is 8.32. The van der Waals surface area contributed by atoms with Gasteiger partial charge in [0, 0.05) is 11.8 Å². The van der Waals surface area contributed by atoms with Crippen molar-refractivity contribution in [2.45, 2.75) is 78.4 Å². The van der Waals surface area contributed by atoms with Crippen LogP contribution in [0.25, 0.3) is 0 Å². The van der Waals surface area contributed by atoms with E-state index in [0.717, 1.165) is 31.1 Å². The summed E-state index contributed by atoms with van der Waals surface area (Å²) in [7, 11) is 0. The number of hydrogen-bond donors (Lipinski definition) is 1. The molecule has 5 nitrogen and oxygen atoms in total. The van der Waals surface area contributed by atoms with Gasteiger partial charge in [0.1, 0.15) is 12.4 Å². The van der Waals surface area contributed by atoms with E-state index in [1.807, 2.05) is 6.92 Å². The van der Waals surface area contributed by atoms with Gasteiger partial charge in [0.05, 0.1) is 12.0 Å². The van der Waals surface area contributed by atoms with Crippen molar-refractivity contribution in [3.63, 3.8) is 0 Å². The number of aliphatic hydroxyl groups is 1. The number of aldehydes is 1. The van der Waals surface area contributed by atoms with Gasteiger partial charge in [-0.25, -0.2) is 0 Å². The topological polar surface area (TPSA) is 80.7 Å². The molecular weight excluding hydrogens is 368 g/mol. The third-order valence-corrected chi connectivity index (χ3v) is 8.93. The molecule has 29 heavy (non-hydrogen) atoms. The van der Waals surface area contributed by atoms with Crippen LogP contribution >= 0.6 is 0 Å². The van der Waals surface area contributed by atoms with Gasteiger partial charge in [-0.2, -0.15) is 0 Å². The Balaban J connectivity index is 1.69. The lowest BCUT2D eigenvalue weighted by Gasteiger charge is -2.59. The maximum absolute atomic E-state index is 12.3. The molecule has 0 aromatic rings. The molecule has 0 bridgehead atoms. The van der Waals surface area contributed by atoms with E-state index < -0.39 is 12.0 Å². The van der Waals surface area contributed by atoms with E-state index >= 15 is 0 Å². The minimum atomic E-state index is -0.594. The van der Waals surface area contributed by atoms with Gasteiger partial charge in [-0.1, -0.05) is 33.3 Å². The Bertz CT molecular complexity index is 756. The van der Waals surface area contributed by atoms with E-state index in [0.29, 0.717) is 31.1 Å². The van der Waals surface area contributed by atoms with Crippen LogP contribution in [-0.4, -0.2) is 35.4 Å². The molecule has 4 rings (SSSR count). The molecule has 1 N–H and O–H groups in total. The number of rotatable bonds is 3. The molecule has 0 amide bonds. The molecule has 0 saturated heterocycles. The van der Waals surface area contributed by atoms with Crippen LogP contribution < -0.4 is 0 Å². The number of ketones is 1. The number of ether oxygens (including phenoxy) is 1. The zero-order valence-electron chi connectivity index (χ0n) is 18.0. The van der Waals surface area contributed by atoms with Crippen LogP contribution in [0.1, 0.15) is 66.2 Å². The summed E-state index contributed by atoms with van der Waals surface area (Å²) in [4.78, 5) is 35.9. The monoisotopic (exact) mass is 402 g/mol. The number of fused-ring (bicyclic) bond motifs is 5. The molecule has 160 valence electrons. The van der Waals surface area contributed by atoms with Gasteiger partial charge in [-0.05, 0) is 67.3 Å². The van der Waals surface area contributed by atoms with Crippen LogP contribution in [0.2, 0.25) is 0 Å². The van der Waals surface area contributed by atoms with Crippen molar-refractivity contribution < 1.29 is 24.2 Å². The highest BCUT2D eigenvalue weighted by Gasteiger charge is 2.64. The van der Waals surface area contributed by atoms with Gasteiger partial charge < -0.3 is 14.6 Å². The van der Waals surface area contributed by atoms with Crippen LogP contribution in [0.5, 0.6) is 0 Å². The van der Waals surface area contributed by atoms with E-state index in [1.54, 1.807) is 6.08 Å². The fraction of sp³-hybridized carbons (Fsp3) is 0.792. The van der Waals surface area contributed by atoms with Gasteiger partial charge in [0.15, 0.2) is 5.78 Å². The highest BCUT2D eigenvalue weighted by Crippen LogP contribution is 2.66. The highest BCUT2D eigenvalue weighted by atomic mass is 16.5. The molecule has 4 aliphatic rings. The molecule has 0 spiro atoms. The molecular formula is C24H34O5. The number of carbonyl (C=O) groups is 3. The quantitative estimate of drug-likeness (QED) is 0.444. The van der Waals surface area contributed by atoms with Crippen LogP contribution in [0, 0.1) is 40.4 Å². The summed E-state index contributed by atoms with van der Waals surface area (Å²) in [6, 6.07) is 0. The van der Waals surface area contributed by atoms with E-state index in [4.69, 9.17) is 4.74 Å². The SMILES string of the molecule is CCC(=O)O[C@@H]1C(C)CC2C3CCC4=CC(=O)C(C=O)CC4(C)C3C(O)CC21C. The van der Waals surface area contributed by atoms with Crippen LogP contribution in [0.4, 0.5) is 0 Å². The highest BCUT2D eigenvalue weighted by molar-refractivity contribution is 6.02.